The first kappa shape index (κ1) is 16.2. The summed E-state index contributed by atoms with van der Waals surface area (Å²) in [6, 6.07) is 19.9. The lowest BCUT2D eigenvalue weighted by Gasteiger charge is -2.10. The molecule has 4 aromatic rings. The van der Waals surface area contributed by atoms with Gasteiger partial charge in [0.1, 0.15) is 5.82 Å². The summed E-state index contributed by atoms with van der Waals surface area (Å²) in [5.74, 6) is 1.21. The standard InChI is InChI=1S/C19H12Br2N4/c20-13-6-8-16-15(10-13)18(12-4-2-1-3-5-12)25-19(23-16)24-17-9-7-14(21)11-22-17/h1-11H,(H,22,23,24,25). The molecule has 4 nitrogen and oxygen atoms in total. The van der Waals surface area contributed by atoms with E-state index in [4.69, 9.17) is 4.98 Å². The van der Waals surface area contributed by atoms with E-state index >= 15 is 0 Å². The smallest absolute Gasteiger partial charge is 0.229 e. The van der Waals surface area contributed by atoms with Crippen molar-refractivity contribution in [1.82, 2.24) is 15.0 Å². The number of benzene rings is 2. The maximum absolute atomic E-state index is 4.74. The van der Waals surface area contributed by atoms with Gasteiger partial charge < -0.3 is 5.32 Å². The zero-order valence-electron chi connectivity index (χ0n) is 12.9. The second-order valence-corrected chi connectivity index (χ2v) is 7.24. The molecule has 122 valence electrons. The van der Waals surface area contributed by atoms with Crippen LogP contribution in [0.3, 0.4) is 0 Å². The van der Waals surface area contributed by atoms with Gasteiger partial charge in [0.05, 0.1) is 11.2 Å². The minimum Gasteiger partial charge on any atom is -0.309 e. The molecule has 2 aromatic heterocycles. The molecule has 0 saturated heterocycles. The lowest BCUT2D eigenvalue weighted by molar-refractivity contribution is 1.18. The van der Waals surface area contributed by atoms with Crippen LogP contribution in [-0.2, 0) is 0 Å². The molecule has 0 fully saturated rings. The lowest BCUT2D eigenvalue weighted by atomic mass is 10.1. The van der Waals surface area contributed by atoms with Crippen molar-refractivity contribution in [1.29, 1.82) is 0 Å². The molecule has 2 aromatic carbocycles. The highest BCUT2D eigenvalue weighted by Gasteiger charge is 2.11. The number of aromatic nitrogens is 3. The Hall–Kier alpha value is -2.31. The third-order valence-corrected chi connectivity index (χ3v) is 4.63. The third kappa shape index (κ3) is 3.55. The fourth-order valence-electron chi connectivity index (χ4n) is 2.54. The predicted molar refractivity (Wildman–Crippen MR) is 108 cm³/mol. The number of pyridine rings is 1. The van der Waals surface area contributed by atoms with Crippen LogP contribution in [0, 0.1) is 0 Å². The van der Waals surface area contributed by atoms with Crippen LogP contribution in [0.5, 0.6) is 0 Å². The fraction of sp³-hybridized carbons (Fsp3) is 0. The van der Waals surface area contributed by atoms with Gasteiger partial charge in [0.25, 0.3) is 0 Å². The van der Waals surface area contributed by atoms with Crippen molar-refractivity contribution in [2.45, 2.75) is 0 Å². The predicted octanol–water partition coefficient (Wildman–Crippen LogP) is 5.96. The van der Waals surface area contributed by atoms with Crippen LogP contribution in [0.2, 0.25) is 0 Å². The summed E-state index contributed by atoms with van der Waals surface area (Å²) in [4.78, 5) is 13.7. The molecular weight excluding hydrogens is 444 g/mol. The first-order valence-electron chi connectivity index (χ1n) is 7.60. The molecule has 1 N–H and O–H groups in total. The van der Waals surface area contributed by atoms with Crippen LogP contribution in [0.15, 0.2) is 75.8 Å². The van der Waals surface area contributed by atoms with E-state index in [0.717, 1.165) is 31.1 Å². The van der Waals surface area contributed by atoms with Crippen LogP contribution < -0.4 is 5.32 Å². The topological polar surface area (TPSA) is 50.7 Å². The third-order valence-electron chi connectivity index (χ3n) is 3.67. The van der Waals surface area contributed by atoms with Crippen LogP contribution in [0.1, 0.15) is 0 Å². The number of hydrogen-bond acceptors (Lipinski definition) is 4. The van der Waals surface area contributed by atoms with E-state index in [-0.39, 0.29) is 0 Å². The van der Waals surface area contributed by atoms with Gasteiger partial charge >= 0.3 is 0 Å². The average Bonchev–Trinajstić information content (AvgIpc) is 2.64. The van der Waals surface area contributed by atoms with Crippen molar-refractivity contribution in [3.05, 3.63) is 75.8 Å². The van der Waals surface area contributed by atoms with Crippen molar-refractivity contribution < 1.29 is 0 Å². The van der Waals surface area contributed by atoms with Crippen LogP contribution >= 0.6 is 31.9 Å². The number of halogens is 2. The SMILES string of the molecule is Brc1ccc(Nc2nc(-c3ccccc3)c3cc(Br)ccc3n2)nc1. The highest BCUT2D eigenvalue weighted by atomic mass is 79.9. The summed E-state index contributed by atoms with van der Waals surface area (Å²) in [6.45, 7) is 0. The summed E-state index contributed by atoms with van der Waals surface area (Å²) < 4.78 is 1.92. The van der Waals surface area contributed by atoms with E-state index in [1.54, 1.807) is 6.20 Å². The number of nitrogens with one attached hydrogen (secondary N) is 1. The van der Waals surface area contributed by atoms with Gasteiger partial charge in [0.2, 0.25) is 5.95 Å². The van der Waals surface area contributed by atoms with Crippen molar-refractivity contribution in [2.24, 2.45) is 0 Å². The van der Waals surface area contributed by atoms with Gasteiger partial charge in [-0.05, 0) is 46.3 Å². The Morgan fingerprint density at radius 2 is 1.60 bits per heavy atom. The van der Waals surface area contributed by atoms with Crippen molar-refractivity contribution in [2.75, 3.05) is 5.32 Å². The van der Waals surface area contributed by atoms with Crippen molar-refractivity contribution >= 4 is 54.5 Å². The second-order valence-electron chi connectivity index (χ2n) is 5.41. The van der Waals surface area contributed by atoms with Gasteiger partial charge in [-0.2, -0.15) is 0 Å². The molecule has 2 heterocycles. The van der Waals surface area contributed by atoms with Gasteiger partial charge in [-0.25, -0.2) is 15.0 Å². The molecule has 4 rings (SSSR count). The Morgan fingerprint density at radius 1 is 0.800 bits per heavy atom. The van der Waals surface area contributed by atoms with Gasteiger partial charge in [0, 0.05) is 26.1 Å². The largest absolute Gasteiger partial charge is 0.309 e. The summed E-state index contributed by atoms with van der Waals surface area (Å²) in [5.41, 5.74) is 2.79. The average molecular weight is 456 g/mol. The molecule has 0 spiro atoms. The van der Waals surface area contributed by atoms with Gasteiger partial charge in [-0.15, -0.1) is 0 Å². The van der Waals surface area contributed by atoms with E-state index < -0.39 is 0 Å². The van der Waals surface area contributed by atoms with Crippen molar-refractivity contribution in [3.63, 3.8) is 0 Å². The summed E-state index contributed by atoms with van der Waals surface area (Å²) in [6.07, 6.45) is 1.73. The zero-order chi connectivity index (χ0) is 17.2. The molecule has 0 bridgehead atoms. The molecule has 0 unspecified atom stereocenters. The highest BCUT2D eigenvalue weighted by molar-refractivity contribution is 9.10. The number of anilines is 2. The Morgan fingerprint density at radius 3 is 2.36 bits per heavy atom. The number of nitrogens with zero attached hydrogens (tertiary/aromatic N) is 3. The molecule has 0 atom stereocenters. The summed E-state index contributed by atoms with van der Waals surface area (Å²) in [7, 11) is 0. The van der Waals surface area contributed by atoms with Gasteiger partial charge in [0.15, 0.2) is 0 Å². The molecule has 0 saturated carbocycles. The molecule has 0 aliphatic heterocycles. The number of fused-ring (bicyclic) bond motifs is 1. The molecule has 0 aliphatic carbocycles. The lowest BCUT2D eigenvalue weighted by Crippen LogP contribution is -2.01. The highest BCUT2D eigenvalue weighted by Crippen LogP contribution is 2.30. The summed E-state index contributed by atoms with van der Waals surface area (Å²) >= 11 is 6.92. The van der Waals surface area contributed by atoms with E-state index in [0.29, 0.717) is 11.8 Å². The fourth-order valence-corrected chi connectivity index (χ4v) is 3.13. The zero-order valence-corrected chi connectivity index (χ0v) is 16.1. The number of rotatable bonds is 3. The molecule has 0 aliphatic rings. The Balaban J connectivity index is 1.86. The Kier molecular flexibility index (Phi) is 4.46. The molecule has 6 heteroatoms. The van der Waals surface area contributed by atoms with Gasteiger partial charge in [-0.3, -0.25) is 0 Å². The van der Waals surface area contributed by atoms with Crippen molar-refractivity contribution in [3.8, 4) is 11.3 Å². The Bertz CT molecular complexity index is 1030. The maximum atomic E-state index is 4.74. The van der Waals surface area contributed by atoms with E-state index in [1.807, 2.05) is 60.7 Å². The van der Waals surface area contributed by atoms with E-state index in [9.17, 15) is 0 Å². The molecule has 0 radical (unpaired) electrons. The van der Waals surface area contributed by atoms with Crippen LogP contribution in [0.25, 0.3) is 22.2 Å². The van der Waals surface area contributed by atoms with Crippen LogP contribution in [0.4, 0.5) is 11.8 Å². The molecule has 25 heavy (non-hydrogen) atoms. The van der Waals surface area contributed by atoms with Crippen LogP contribution in [-0.4, -0.2) is 15.0 Å². The summed E-state index contributed by atoms with van der Waals surface area (Å²) in [5, 5.41) is 4.18. The first-order valence-corrected chi connectivity index (χ1v) is 9.19. The quantitative estimate of drug-likeness (QED) is 0.414. The monoisotopic (exact) mass is 454 g/mol. The van der Waals surface area contributed by atoms with E-state index in [1.165, 1.54) is 0 Å². The minimum atomic E-state index is 0.517. The van der Waals surface area contributed by atoms with E-state index in [2.05, 4.69) is 47.1 Å². The van der Waals surface area contributed by atoms with Gasteiger partial charge in [-0.1, -0.05) is 46.3 Å². The molecule has 0 amide bonds. The normalized spacial score (nSPS) is 10.8. The minimum absolute atomic E-state index is 0.517. The second kappa shape index (κ2) is 6.90. The Labute approximate surface area is 161 Å². The maximum Gasteiger partial charge on any atom is 0.229 e. The number of hydrogen-bond donors (Lipinski definition) is 1. The molecular formula is C19H12Br2N4. The first-order chi connectivity index (χ1) is 12.2.